The zero-order chi connectivity index (χ0) is 23.8. The second-order valence-electron chi connectivity index (χ2n) is 6.80. The summed E-state index contributed by atoms with van der Waals surface area (Å²) >= 11 is 6.85. The summed E-state index contributed by atoms with van der Waals surface area (Å²) in [6, 6.07) is 13.1. The Hall–Kier alpha value is -2.82. The highest BCUT2D eigenvalue weighted by molar-refractivity contribution is 7.99. The first-order valence-corrected chi connectivity index (χ1v) is 12.9. The molecular weight excluding hydrogens is 486 g/mol. The molecule has 33 heavy (non-hydrogen) atoms. The Balaban J connectivity index is 1.56. The van der Waals surface area contributed by atoms with Crippen LogP contribution in [0.15, 0.2) is 74.5 Å². The minimum absolute atomic E-state index is 0.0224. The number of nitrogens with zero attached hydrogens (tertiary/aromatic N) is 1. The molecule has 2 N–H and O–H groups in total. The molecule has 0 radical (unpaired) electrons. The molecule has 1 heterocycles. The number of aromatic amines is 1. The van der Waals surface area contributed by atoms with Crippen LogP contribution < -0.4 is 15.6 Å². The Morgan fingerprint density at radius 2 is 1.85 bits per heavy atom. The highest BCUT2D eigenvalue weighted by Crippen LogP contribution is 2.21. The summed E-state index contributed by atoms with van der Waals surface area (Å²) in [7, 11) is -4.05. The molecular formula is C22H22ClN3O5S2. The van der Waals surface area contributed by atoms with Crippen molar-refractivity contribution in [2.24, 2.45) is 0 Å². The molecule has 3 aromatic rings. The number of amides is 1. The molecule has 1 amide bonds. The third-order valence-corrected chi connectivity index (χ3v) is 7.37. The second-order valence-corrected chi connectivity index (χ2v) is 10.1. The molecule has 11 heteroatoms. The van der Waals surface area contributed by atoms with E-state index in [1.807, 2.05) is 19.1 Å². The summed E-state index contributed by atoms with van der Waals surface area (Å²) in [5.41, 5.74) is 0.243. The number of H-pyrrole nitrogens is 1. The van der Waals surface area contributed by atoms with Crippen molar-refractivity contribution in [3.8, 4) is 5.75 Å². The van der Waals surface area contributed by atoms with Gasteiger partial charge in [0.2, 0.25) is 15.7 Å². The van der Waals surface area contributed by atoms with Gasteiger partial charge in [-0.1, -0.05) is 35.5 Å². The van der Waals surface area contributed by atoms with Gasteiger partial charge in [0.05, 0.1) is 23.5 Å². The van der Waals surface area contributed by atoms with Crippen LogP contribution in [0.25, 0.3) is 0 Å². The predicted molar refractivity (Wildman–Crippen MR) is 127 cm³/mol. The van der Waals surface area contributed by atoms with E-state index in [2.05, 4.69) is 15.3 Å². The molecule has 0 aliphatic carbocycles. The number of ether oxygens (including phenoxy) is 1. The standard InChI is InChI=1S/C22H22ClN3O5S2/c1-2-31-17-7-9-18(10-8-17)33(29,30)19-13-25-22(26-21(19)28)32-14-20(27)24-12-11-15-3-5-16(23)6-4-15/h3-10,13H,2,11-12,14H2,1H3,(H,24,27)(H,25,26,28). The van der Waals surface area contributed by atoms with E-state index in [4.69, 9.17) is 16.3 Å². The maximum Gasteiger partial charge on any atom is 0.270 e. The number of rotatable bonds is 10. The van der Waals surface area contributed by atoms with E-state index < -0.39 is 20.3 Å². The minimum atomic E-state index is -4.05. The Morgan fingerprint density at radius 3 is 2.48 bits per heavy atom. The Kier molecular flexibility index (Phi) is 8.54. The Morgan fingerprint density at radius 1 is 1.15 bits per heavy atom. The minimum Gasteiger partial charge on any atom is -0.494 e. The van der Waals surface area contributed by atoms with Crippen molar-refractivity contribution in [3.05, 3.63) is 75.7 Å². The van der Waals surface area contributed by atoms with Gasteiger partial charge in [-0.25, -0.2) is 13.4 Å². The lowest BCUT2D eigenvalue weighted by Gasteiger charge is -2.07. The number of hydrogen-bond donors (Lipinski definition) is 2. The zero-order valence-corrected chi connectivity index (χ0v) is 20.1. The SMILES string of the molecule is CCOc1ccc(S(=O)(=O)c2cnc(SCC(=O)NCCc3ccc(Cl)cc3)[nH]c2=O)cc1. The fourth-order valence-electron chi connectivity index (χ4n) is 2.82. The van der Waals surface area contributed by atoms with Gasteiger partial charge in [-0.3, -0.25) is 9.59 Å². The Bertz CT molecular complexity index is 1260. The van der Waals surface area contributed by atoms with Crippen LogP contribution in [0.5, 0.6) is 5.75 Å². The van der Waals surface area contributed by atoms with Crippen LogP contribution in [0.1, 0.15) is 12.5 Å². The topological polar surface area (TPSA) is 118 Å². The summed E-state index contributed by atoms with van der Waals surface area (Å²) in [6.45, 7) is 2.72. The molecule has 0 aliphatic rings. The summed E-state index contributed by atoms with van der Waals surface area (Å²) in [5.74, 6) is 0.318. The van der Waals surface area contributed by atoms with Crippen molar-refractivity contribution in [1.29, 1.82) is 0 Å². The van der Waals surface area contributed by atoms with Crippen molar-refractivity contribution in [2.75, 3.05) is 18.9 Å². The number of halogens is 1. The lowest BCUT2D eigenvalue weighted by Crippen LogP contribution is -2.27. The van der Waals surface area contributed by atoms with Crippen LogP contribution in [0.4, 0.5) is 0 Å². The molecule has 8 nitrogen and oxygen atoms in total. The van der Waals surface area contributed by atoms with Gasteiger partial charge in [-0.2, -0.15) is 0 Å². The van der Waals surface area contributed by atoms with Crippen LogP contribution >= 0.6 is 23.4 Å². The van der Waals surface area contributed by atoms with Crippen LogP contribution in [0.2, 0.25) is 5.02 Å². The number of sulfone groups is 1. The molecule has 0 unspecified atom stereocenters. The normalized spacial score (nSPS) is 11.2. The number of aromatic nitrogens is 2. The quantitative estimate of drug-likeness (QED) is 0.319. The summed E-state index contributed by atoms with van der Waals surface area (Å²) in [5, 5.41) is 3.59. The fourth-order valence-corrected chi connectivity index (χ4v) is 4.85. The zero-order valence-electron chi connectivity index (χ0n) is 17.7. The molecule has 0 atom stereocenters. The van der Waals surface area contributed by atoms with E-state index in [1.54, 1.807) is 12.1 Å². The van der Waals surface area contributed by atoms with Gasteiger partial charge in [-0.05, 0) is 55.3 Å². The molecule has 0 saturated carbocycles. The highest BCUT2D eigenvalue weighted by Gasteiger charge is 2.22. The van der Waals surface area contributed by atoms with Crippen LogP contribution in [-0.2, 0) is 21.1 Å². The van der Waals surface area contributed by atoms with Gasteiger partial charge < -0.3 is 15.0 Å². The average Bonchev–Trinajstić information content (AvgIpc) is 2.79. The van der Waals surface area contributed by atoms with Gasteiger partial charge in [0.15, 0.2) is 10.1 Å². The lowest BCUT2D eigenvalue weighted by molar-refractivity contribution is -0.118. The Labute approximate surface area is 200 Å². The van der Waals surface area contributed by atoms with Crippen LogP contribution in [0.3, 0.4) is 0 Å². The van der Waals surface area contributed by atoms with Crippen molar-refractivity contribution in [3.63, 3.8) is 0 Å². The van der Waals surface area contributed by atoms with Gasteiger partial charge in [0.25, 0.3) is 5.56 Å². The molecule has 0 spiro atoms. The maximum absolute atomic E-state index is 12.8. The van der Waals surface area contributed by atoms with Crippen molar-refractivity contribution < 1.29 is 17.9 Å². The van der Waals surface area contributed by atoms with E-state index in [0.717, 1.165) is 23.5 Å². The largest absolute Gasteiger partial charge is 0.494 e. The van der Waals surface area contributed by atoms with Gasteiger partial charge >= 0.3 is 0 Å². The monoisotopic (exact) mass is 507 g/mol. The van der Waals surface area contributed by atoms with E-state index in [1.165, 1.54) is 24.3 Å². The van der Waals surface area contributed by atoms with E-state index in [0.29, 0.717) is 30.3 Å². The lowest BCUT2D eigenvalue weighted by atomic mass is 10.1. The molecule has 2 aromatic carbocycles. The third-order valence-electron chi connectivity index (χ3n) is 4.47. The summed E-state index contributed by atoms with van der Waals surface area (Å²) in [6.07, 6.45) is 1.66. The smallest absolute Gasteiger partial charge is 0.270 e. The number of hydrogen-bond acceptors (Lipinski definition) is 7. The first-order chi connectivity index (χ1) is 15.8. The van der Waals surface area contributed by atoms with Crippen LogP contribution in [-0.4, -0.2) is 43.2 Å². The molecule has 0 bridgehead atoms. The molecule has 1 aromatic heterocycles. The van der Waals surface area contributed by atoms with Crippen molar-refractivity contribution >= 4 is 39.1 Å². The van der Waals surface area contributed by atoms with Gasteiger partial charge in [0, 0.05) is 11.6 Å². The summed E-state index contributed by atoms with van der Waals surface area (Å²) < 4.78 is 30.9. The first kappa shape index (κ1) is 24.8. The first-order valence-electron chi connectivity index (χ1n) is 10.0. The van der Waals surface area contributed by atoms with Crippen molar-refractivity contribution in [2.45, 2.75) is 28.3 Å². The highest BCUT2D eigenvalue weighted by atomic mass is 35.5. The van der Waals surface area contributed by atoms with E-state index >= 15 is 0 Å². The number of carbonyl (C=O) groups excluding carboxylic acids is 1. The molecule has 0 aliphatic heterocycles. The predicted octanol–water partition coefficient (Wildman–Crippen LogP) is 3.11. The molecule has 174 valence electrons. The van der Waals surface area contributed by atoms with E-state index in [9.17, 15) is 18.0 Å². The number of carbonyl (C=O) groups is 1. The van der Waals surface area contributed by atoms with Gasteiger partial charge in [0.1, 0.15) is 5.75 Å². The molecule has 0 fully saturated rings. The second kappa shape index (κ2) is 11.4. The molecule has 0 saturated heterocycles. The summed E-state index contributed by atoms with van der Waals surface area (Å²) in [4.78, 5) is 30.4. The van der Waals surface area contributed by atoms with Crippen molar-refractivity contribution in [1.82, 2.24) is 15.3 Å². The van der Waals surface area contributed by atoms with E-state index in [-0.39, 0.29) is 21.7 Å². The van der Waals surface area contributed by atoms with Gasteiger partial charge in [-0.15, -0.1) is 0 Å². The van der Waals surface area contributed by atoms with Crippen LogP contribution in [0, 0.1) is 0 Å². The number of benzene rings is 2. The number of nitrogens with one attached hydrogen (secondary N) is 2. The number of thioether (sulfide) groups is 1. The average molecular weight is 508 g/mol. The fraction of sp³-hybridized carbons (Fsp3) is 0.227. The molecule has 3 rings (SSSR count). The maximum atomic E-state index is 12.8. The third kappa shape index (κ3) is 6.83.